The Bertz CT molecular complexity index is 82.7. The average Bonchev–Trinajstić information content (AvgIpc) is 1.31. The third-order valence-electron chi connectivity index (χ3n) is 1.07. The first-order chi connectivity index (χ1) is 2.94. The molecule has 0 aromatic carbocycles. The summed E-state index contributed by atoms with van der Waals surface area (Å²) in [5.74, 6) is 0. The van der Waals surface area contributed by atoms with Crippen LogP contribution in [0.4, 0.5) is 0 Å². The molecular formula is C3H11GeSi3. The Morgan fingerprint density at radius 2 is 1.71 bits per heavy atom. The monoisotopic (exact) mass is 205 g/mol. The van der Waals surface area contributed by atoms with Gasteiger partial charge in [-0.15, -0.1) is 0 Å². The minimum absolute atomic E-state index is 0.645. The van der Waals surface area contributed by atoms with Crippen LogP contribution >= 0.6 is 0 Å². The molecule has 3 radical (unpaired) electrons. The SMILES string of the molecule is C=C([SiH3])[C]([SiH3])([SiH3])[Ge]. The minimum atomic E-state index is 0.645. The van der Waals surface area contributed by atoms with Crippen LogP contribution in [0, 0.1) is 0 Å². The molecule has 0 aromatic heterocycles. The third kappa shape index (κ3) is 3.51. The summed E-state index contributed by atoms with van der Waals surface area (Å²) in [7, 11) is 3.82. The van der Waals surface area contributed by atoms with Crippen LogP contribution in [0.25, 0.3) is 0 Å². The molecule has 0 aliphatic heterocycles. The Kier molecular flexibility index (Phi) is 2.80. The number of hydrogen-bond acceptors (Lipinski definition) is 0. The molecule has 0 N–H and O–H groups in total. The molecule has 0 heterocycles. The zero-order valence-electron chi connectivity index (χ0n) is 5.21. The van der Waals surface area contributed by atoms with Gasteiger partial charge in [-0.3, -0.25) is 0 Å². The molecular weight excluding hydrogens is 193 g/mol. The fourth-order valence-electron chi connectivity index (χ4n) is 0. The summed E-state index contributed by atoms with van der Waals surface area (Å²) >= 11 is 2.32. The predicted molar refractivity (Wildman–Crippen MR) is 47.4 cm³/mol. The van der Waals surface area contributed by atoms with Gasteiger partial charge in [0, 0.05) is 0 Å². The molecule has 39 valence electrons. The molecule has 0 amide bonds. The average molecular weight is 204 g/mol. The van der Waals surface area contributed by atoms with Gasteiger partial charge in [0.2, 0.25) is 0 Å². The Labute approximate surface area is 62.6 Å². The first-order valence-electron chi connectivity index (χ1n) is 2.35. The standard InChI is InChI=1S/C3H11GeSi3/c1-2(5)3(4,6)7/h1H2,5-7H3. The van der Waals surface area contributed by atoms with E-state index in [1.807, 2.05) is 0 Å². The van der Waals surface area contributed by atoms with Gasteiger partial charge >= 0.3 is 62.5 Å². The second kappa shape index (κ2) is 2.47. The molecule has 0 bridgehead atoms. The molecule has 0 aromatic rings. The molecule has 0 spiro atoms. The van der Waals surface area contributed by atoms with E-state index < -0.39 is 0 Å². The van der Waals surface area contributed by atoms with E-state index in [4.69, 9.17) is 0 Å². The summed E-state index contributed by atoms with van der Waals surface area (Å²) in [6, 6.07) is 0. The molecule has 0 rings (SSSR count). The van der Waals surface area contributed by atoms with E-state index in [0.717, 1.165) is 0 Å². The van der Waals surface area contributed by atoms with Crippen molar-refractivity contribution in [2.24, 2.45) is 0 Å². The first kappa shape index (κ1) is 7.93. The van der Waals surface area contributed by atoms with Crippen molar-refractivity contribution in [1.82, 2.24) is 0 Å². The van der Waals surface area contributed by atoms with Crippen molar-refractivity contribution in [1.29, 1.82) is 0 Å². The van der Waals surface area contributed by atoms with Crippen LogP contribution in [0.2, 0.25) is 3.49 Å². The van der Waals surface area contributed by atoms with Crippen molar-refractivity contribution < 1.29 is 0 Å². The molecule has 0 unspecified atom stereocenters. The summed E-state index contributed by atoms with van der Waals surface area (Å²) < 4.78 is 0.645. The zero-order valence-corrected chi connectivity index (χ0v) is 13.3. The van der Waals surface area contributed by atoms with Crippen molar-refractivity contribution in [2.75, 3.05) is 0 Å². The van der Waals surface area contributed by atoms with Gasteiger partial charge in [-0.1, -0.05) is 0 Å². The molecule has 0 saturated carbocycles. The van der Waals surface area contributed by atoms with E-state index in [2.05, 4.69) is 23.1 Å². The Hall–Kier alpha value is 0.934. The molecule has 0 atom stereocenters. The summed E-state index contributed by atoms with van der Waals surface area (Å²) in [5, 5.41) is 1.51. The molecule has 0 nitrogen and oxygen atoms in total. The Morgan fingerprint density at radius 1 is 1.57 bits per heavy atom. The number of hydrogen-bond donors (Lipinski definition) is 0. The number of rotatable bonds is 1. The van der Waals surface area contributed by atoms with Gasteiger partial charge < -0.3 is 0 Å². The summed E-state index contributed by atoms with van der Waals surface area (Å²) in [4.78, 5) is 0. The number of allylic oxidation sites excluding steroid dienone is 1. The molecule has 0 saturated heterocycles. The first-order valence-corrected chi connectivity index (χ1v) is 6.40. The molecule has 7 heavy (non-hydrogen) atoms. The Morgan fingerprint density at radius 3 is 1.71 bits per heavy atom. The van der Waals surface area contributed by atoms with Gasteiger partial charge in [0.05, 0.1) is 0 Å². The van der Waals surface area contributed by atoms with Crippen LogP contribution in [0.15, 0.2) is 11.8 Å². The van der Waals surface area contributed by atoms with Crippen molar-refractivity contribution >= 4 is 47.2 Å². The van der Waals surface area contributed by atoms with Crippen LogP contribution in [-0.4, -0.2) is 47.2 Å². The predicted octanol–water partition coefficient (Wildman–Crippen LogP) is -3.16. The van der Waals surface area contributed by atoms with E-state index in [9.17, 15) is 0 Å². The normalized spacial score (nSPS) is 19.6. The fourth-order valence-corrected chi connectivity index (χ4v) is 0. The topological polar surface area (TPSA) is 0 Å². The van der Waals surface area contributed by atoms with Gasteiger partial charge in [0.25, 0.3) is 0 Å². The van der Waals surface area contributed by atoms with Gasteiger partial charge in [-0.25, -0.2) is 0 Å². The van der Waals surface area contributed by atoms with Crippen molar-refractivity contribution in [2.45, 2.75) is 3.49 Å². The van der Waals surface area contributed by atoms with E-state index in [1.54, 1.807) is 0 Å². The van der Waals surface area contributed by atoms with Crippen LogP contribution in [0.3, 0.4) is 0 Å². The zero-order chi connectivity index (χ0) is 6.08. The van der Waals surface area contributed by atoms with E-state index in [1.165, 1.54) is 35.9 Å². The van der Waals surface area contributed by atoms with Crippen LogP contribution < -0.4 is 0 Å². The van der Waals surface area contributed by atoms with Crippen LogP contribution in [-0.2, 0) is 0 Å². The van der Waals surface area contributed by atoms with Gasteiger partial charge in [-0.05, 0) is 0 Å². The van der Waals surface area contributed by atoms with E-state index in [0.29, 0.717) is 3.49 Å². The second-order valence-corrected chi connectivity index (χ2v) is 16.4. The maximum absolute atomic E-state index is 3.96. The van der Waals surface area contributed by atoms with Gasteiger partial charge in [0.1, 0.15) is 0 Å². The molecule has 0 fully saturated rings. The van der Waals surface area contributed by atoms with Crippen LogP contribution in [0.1, 0.15) is 0 Å². The quantitative estimate of drug-likeness (QED) is 0.395. The van der Waals surface area contributed by atoms with E-state index >= 15 is 0 Å². The van der Waals surface area contributed by atoms with Crippen molar-refractivity contribution in [3.63, 3.8) is 0 Å². The molecule has 0 aliphatic carbocycles. The fraction of sp³-hybridized carbons (Fsp3) is 0.333. The summed E-state index contributed by atoms with van der Waals surface area (Å²) in [5.41, 5.74) is 0. The third-order valence-corrected chi connectivity index (χ3v) is 7.97. The van der Waals surface area contributed by atoms with Gasteiger partial charge in [0.15, 0.2) is 0 Å². The van der Waals surface area contributed by atoms with Crippen LogP contribution in [0.5, 0.6) is 0 Å². The summed E-state index contributed by atoms with van der Waals surface area (Å²) in [6.07, 6.45) is 0. The van der Waals surface area contributed by atoms with Crippen molar-refractivity contribution in [3.05, 3.63) is 11.8 Å². The molecule has 4 heteroatoms. The van der Waals surface area contributed by atoms with Gasteiger partial charge in [-0.2, -0.15) is 0 Å². The molecule has 0 aliphatic rings. The Balaban J connectivity index is 3.79. The van der Waals surface area contributed by atoms with E-state index in [-0.39, 0.29) is 0 Å². The second-order valence-electron chi connectivity index (χ2n) is 2.41. The summed E-state index contributed by atoms with van der Waals surface area (Å²) in [6.45, 7) is 3.96. The van der Waals surface area contributed by atoms with Crippen molar-refractivity contribution in [3.8, 4) is 0 Å². The maximum atomic E-state index is 3.96.